The van der Waals surface area contributed by atoms with E-state index in [4.69, 9.17) is 5.21 Å². The number of oxime groups is 1. The van der Waals surface area contributed by atoms with Crippen LogP contribution in [0.4, 0.5) is 0 Å². The first-order valence-corrected chi connectivity index (χ1v) is 2.78. The number of hydrogen-bond acceptors (Lipinski definition) is 4. The number of nitrogens with zero attached hydrogens (tertiary/aromatic N) is 3. The quantitative estimate of drug-likeness (QED) is 0.350. The summed E-state index contributed by atoms with van der Waals surface area (Å²) in [6.07, 6.45) is 4.34. The van der Waals surface area contributed by atoms with Gasteiger partial charge in [-0.3, -0.25) is 0 Å². The van der Waals surface area contributed by atoms with Crippen LogP contribution in [-0.4, -0.2) is 21.4 Å². The van der Waals surface area contributed by atoms with Crippen molar-refractivity contribution in [3.63, 3.8) is 0 Å². The molecule has 0 atom stereocenters. The Kier molecular flexibility index (Phi) is 1.94. The Labute approximate surface area is 58.2 Å². The van der Waals surface area contributed by atoms with Crippen molar-refractivity contribution >= 4 is 6.21 Å². The van der Waals surface area contributed by atoms with Gasteiger partial charge >= 0.3 is 0 Å². The van der Waals surface area contributed by atoms with Crippen LogP contribution in [0.2, 0.25) is 0 Å². The summed E-state index contributed by atoms with van der Waals surface area (Å²) in [7, 11) is 0. The van der Waals surface area contributed by atoms with Crippen LogP contribution in [0.25, 0.3) is 0 Å². The van der Waals surface area contributed by atoms with Gasteiger partial charge in [0, 0.05) is 6.20 Å². The van der Waals surface area contributed by atoms with Crippen molar-refractivity contribution in [1.29, 1.82) is 0 Å². The van der Waals surface area contributed by atoms with Gasteiger partial charge in [0.1, 0.15) is 6.33 Å². The van der Waals surface area contributed by atoms with Crippen LogP contribution in [-0.2, 0) is 0 Å². The maximum absolute atomic E-state index is 8.15. The van der Waals surface area contributed by atoms with Crippen molar-refractivity contribution in [3.05, 3.63) is 23.8 Å². The second-order valence-electron chi connectivity index (χ2n) is 1.84. The molecule has 0 fully saturated rings. The average molecular weight is 137 g/mol. The predicted octanol–water partition coefficient (Wildman–Crippen LogP) is 0.593. The molecule has 4 nitrogen and oxygen atoms in total. The Morgan fingerprint density at radius 2 is 2.50 bits per heavy atom. The first-order chi connectivity index (χ1) is 4.84. The largest absolute Gasteiger partial charge is 0.411 e. The van der Waals surface area contributed by atoms with Crippen molar-refractivity contribution in [2.24, 2.45) is 5.16 Å². The van der Waals surface area contributed by atoms with Crippen molar-refractivity contribution in [2.45, 2.75) is 6.92 Å². The van der Waals surface area contributed by atoms with Crippen LogP contribution in [0.15, 0.2) is 17.7 Å². The summed E-state index contributed by atoms with van der Waals surface area (Å²) in [5, 5.41) is 11.0. The van der Waals surface area contributed by atoms with Gasteiger partial charge in [-0.1, -0.05) is 5.16 Å². The zero-order valence-corrected chi connectivity index (χ0v) is 5.52. The third-order valence-electron chi connectivity index (χ3n) is 1.12. The van der Waals surface area contributed by atoms with Gasteiger partial charge in [-0.25, -0.2) is 9.97 Å². The van der Waals surface area contributed by atoms with Gasteiger partial charge in [-0.05, 0) is 12.5 Å². The van der Waals surface area contributed by atoms with E-state index in [-0.39, 0.29) is 0 Å². The molecule has 0 saturated carbocycles. The zero-order valence-electron chi connectivity index (χ0n) is 5.52. The van der Waals surface area contributed by atoms with Crippen LogP contribution >= 0.6 is 0 Å². The SMILES string of the molecule is Cc1cncnc1/C=N/O. The third kappa shape index (κ3) is 1.28. The minimum absolute atomic E-state index is 0.637. The molecule has 4 heteroatoms. The monoisotopic (exact) mass is 137 g/mol. The second-order valence-corrected chi connectivity index (χ2v) is 1.84. The molecular weight excluding hydrogens is 130 g/mol. The van der Waals surface area contributed by atoms with Crippen molar-refractivity contribution in [3.8, 4) is 0 Å². The molecule has 1 aromatic rings. The van der Waals surface area contributed by atoms with E-state index < -0.39 is 0 Å². The highest BCUT2D eigenvalue weighted by Gasteiger charge is 1.92. The van der Waals surface area contributed by atoms with Gasteiger partial charge in [-0.2, -0.15) is 0 Å². The molecule has 0 aliphatic rings. The predicted molar refractivity (Wildman–Crippen MR) is 36.1 cm³/mol. The molecule has 0 bridgehead atoms. The lowest BCUT2D eigenvalue weighted by molar-refractivity contribution is 0.321. The molecule has 52 valence electrons. The van der Waals surface area contributed by atoms with Crippen molar-refractivity contribution in [2.75, 3.05) is 0 Å². The average Bonchev–Trinajstić information content (AvgIpc) is 1.94. The van der Waals surface area contributed by atoms with Gasteiger partial charge in [0.15, 0.2) is 0 Å². The molecular formula is C6H7N3O. The highest BCUT2D eigenvalue weighted by Crippen LogP contribution is 1.96. The first kappa shape index (κ1) is 6.67. The van der Waals surface area contributed by atoms with Gasteiger partial charge in [-0.15, -0.1) is 0 Å². The Bertz CT molecular complexity index is 247. The van der Waals surface area contributed by atoms with Crippen LogP contribution in [0.5, 0.6) is 0 Å². The molecule has 0 aliphatic carbocycles. The molecule has 0 aromatic carbocycles. The fourth-order valence-corrected chi connectivity index (χ4v) is 0.598. The maximum Gasteiger partial charge on any atom is 0.116 e. The van der Waals surface area contributed by atoms with Crippen LogP contribution in [0.3, 0.4) is 0 Å². The van der Waals surface area contributed by atoms with E-state index in [1.807, 2.05) is 6.92 Å². The molecule has 0 amide bonds. The summed E-state index contributed by atoms with van der Waals surface area (Å²) in [4.78, 5) is 7.62. The van der Waals surface area contributed by atoms with Gasteiger partial charge < -0.3 is 5.21 Å². The molecule has 10 heavy (non-hydrogen) atoms. The van der Waals surface area contributed by atoms with E-state index in [2.05, 4.69) is 15.1 Å². The van der Waals surface area contributed by atoms with Gasteiger partial charge in [0.05, 0.1) is 11.9 Å². The molecule has 0 unspecified atom stereocenters. The van der Waals surface area contributed by atoms with Gasteiger partial charge in [0.25, 0.3) is 0 Å². The Hall–Kier alpha value is -1.45. The van der Waals surface area contributed by atoms with Crippen LogP contribution in [0.1, 0.15) is 11.3 Å². The summed E-state index contributed by atoms with van der Waals surface area (Å²) >= 11 is 0. The maximum atomic E-state index is 8.15. The lowest BCUT2D eigenvalue weighted by Gasteiger charge is -1.92. The van der Waals surface area contributed by atoms with E-state index >= 15 is 0 Å². The molecule has 0 radical (unpaired) electrons. The highest BCUT2D eigenvalue weighted by molar-refractivity contribution is 5.77. The van der Waals surface area contributed by atoms with Crippen LogP contribution < -0.4 is 0 Å². The van der Waals surface area contributed by atoms with E-state index in [1.54, 1.807) is 6.20 Å². The Morgan fingerprint density at radius 1 is 1.70 bits per heavy atom. The van der Waals surface area contributed by atoms with Crippen molar-refractivity contribution in [1.82, 2.24) is 9.97 Å². The summed E-state index contributed by atoms with van der Waals surface area (Å²) in [5.41, 5.74) is 1.53. The molecule has 0 aliphatic heterocycles. The zero-order chi connectivity index (χ0) is 7.40. The molecule has 1 heterocycles. The van der Waals surface area contributed by atoms with E-state index in [9.17, 15) is 0 Å². The summed E-state index contributed by atoms with van der Waals surface area (Å²) in [5.74, 6) is 0. The topological polar surface area (TPSA) is 58.4 Å². The lowest BCUT2D eigenvalue weighted by atomic mass is 10.3. The molecule has 0 spiro atoms. The molecule has 0 saturated heterocycles. The van der Waals surface area contributed by atoms with E-state index in [0.29, 0.717) is 5.69 Å². The standard InChI is InChI=1S/C6H7N3O/c1-5-2-7-4-8-6(5)3-9-10/h2-4,10H,1H3/b9-3+. The second kappa shape index (κ2) is 2.91. The van der Waals surface area contributed by atoms with Gasteiger partial charge in [0.2, 0.25) is 0 Å². The minimum Gasteiger partial charge on any atom is -0.411 e. The van der Waals surface area contributed by atoms with Crippen molar-refractivity contribution < 1.29 is 5.21 Å². The summed E-state index contributed by atoms with van der Waals surface area (Å²) < 4.78 is 0. The minimum atomic E-state index is 0.637. The first-order valence-electron chi connectivity index (χ1n) is 2.78. The summed E-state index contributed by atoms with van der Waals surface area (Å²) in [6, 6.07) is 0. The van der Waals surface area contributed by atoms with E-state index in [1.165, 1.54) is 12.5 Å². The smallest absolute Gasteiger partial charge is 0.116 e. The molecule has 1 aromatic heterocycles. The fraction of sp³-hybridized carbons (Fsp3) is 0.167. The molecule has 1 N–H and O–H groups in total. The lowest BCUT2D eigenvalue weighted by Crippen LogP contribution is -1.92. The number of hydrogen-bond donors (Lipinski definition) is 1. The highest BCUT2D eigenvalue weighted by atomic mass is 16.4. The van der Waals surface area contributed by atoms with Crippen LogP contribution in [0, 0.1) is 6.92 Å². The Morgan fingerprint density at radius 3 is 3.10 bits per heavy atom. The molecule has 1 rings (SSSR count). The number of aromatic nitrogens is 2. The summed E-state index contributed by atoms with van der Waals surface area (Å²) in [6.45, 7) is 1.84. The van der Waals surface area contributed by atoms with E-state index in [0.717, 1.165) is 5.56 Å². The fourth-order valence-electron chi connectivity index (χ4n) is 0.598. The normalized spacial score (nSPS) is 10.5. The number of aryl methyl sites for hydroxylation is 1. The number of rotatable bonds is 1. The third-order valence-corrected chi connectivity index (χ3v) is 1.12. The Balaban J connectivity index is 3.03.